The Hall–Kier alpha value is -1.92. The van der Waals surface area contributed by atoms with Gasteiger partial charge in [-0.3, -0.25) is 9.88 Å². The third-order valence-corrected chi connectivity index (χ3v) is 3.53. The van der Waals surface area contributed by atoms with Gasteiger partial charge >= 0.3 is 0 Å². The summed E-state index contributed by atoms with van der Waals surface area (Å²) in [5, 5.41) is 10.2. The van der Waals surface area contributed by atoms with Gasteiger partial charge in [0.2, 0.25) is 0 Å². The molecular weight excluding hydrogens is 222 g/mol. The molecule has 1 unspecified atom stereocenters. The summed E-state index contributed by atoms with van der Waals surface area (Å²) < 4.78 is 0. The Morgan fingerprint density at radius 2 is 2.17 bits per heavy atom. The number of benzene rings is 1. The fourth-order valence-corrected chi connectivity index (χ4v) is 2.57. The summed E-state index contributed by atoms with van der Waals surface area (Å²) in [6, 6.07) is 14.7. The van der Waals surface area contributed by atoms with Crippen LogP contribution in [0.4, 0.5) is 0 Å². The van der Waals surface area contributed by atoms with E-state index in [-0.39, 0.29) is 6.04 Å². The number of pyridine rings is 1. The lowest BCUT2D eigenvalue weighted by Crippen LogP contribution is -2.27. The average molecular weight is 237 g/mol. The van der Waals surface area contributed by atoms with Gasteiger partial charge < -0.3 is 0 Å². The van der Waals surface area contributed by atoms with Crippen LogP contribution in [0.2, 0.25) is 0 Å². The van der Waals surface area contributed by atoms with Crippen molar-refractivity contribution in [2.75, 3.05) is 6.54 Å². The quantitative estimate of drug-likeness (QED) is 0.806. The third kappa shape index (κ3) is 2.07. The second kappa shape index (κ2) is 4.75. The second-order valence-corrected chi connectivity index (χ2v) is 4.75. The smallest absolute Gasteiger partial charge is 0.0981 e. The number of nitriles is 1. The van der Waals surface area contributed by atoms with Gasteiger partial charge in [0.25, 0.3) is 0 Å². The van der Waals surface area contributed by atoms with E-state index in [0.29, 0.717) is 0 Å². The van der Waals surface area contributed by atoms with Crippen molar-refractivity contribution < 1.29 is 0 Å². The van der Waals surface area contributed by atoms with Crippen LogP contribution < -0.4 is 0 Å². The van der Waals surface area contributed by atoms with E-state index in [4.69, 9.17) is 5.26 Å². The molecule has 0 radical (unpaired) electrons. The molecule has 0 bridgehead atoms. The van der Waals surface area contributed by atoms with E-state index in [1.807, 2.05) is 18.2 Å². The first kappa shape index (κ1) is 11.2. The van der Waals surface area contributed by atoms with Crippen LogP contribution in [0.5, 0.6) is 0 Å². The Kier molecular flexibility index (Phi) is 2.95. The molecule has 1 aliphatic heterocycles. The molecule has 0 spiro atoms. The molecule has 0 saturated carbocycles. The molecule has 2 aromatic rings. The van der Waals surface area contributed by atoms with Crippen molar-refractivity contribution in [3.63, 3.8) is 0 Å². The topological polar surface area (TPSA) is 39.9 Å². The Morgan fingerprint density at radius 3 is 3.06 bits per heavy atom. The Labute approximate surface area is 107 Å². The van der Waals surface area contributed by atoms with E-state index in [1.165, 1.54) is 5.39 Å². The number of aromatic nitrogens is 1. The van der Waals surface area contributed by atoms with Crippen LogP contribution in [0.3, 0.4) is 0 Å². The monoisotopic (exact) mass is 237 g/mol. The van der Waals surface area contributed by atoms with E-state index in [9.17, 15) is 0 Å². The Morgan fingerprint density at radius 1 is 1.28 bits per heavy atom. The first-order valence-corrected chi connectivity index (χ1v) is 6.35. The summed E-state index contributed by atoms with van der Waals surface area (Å²) in [6.07, 6.45) is 2.11. The lowest BCUT2D eigenvalue weighted by atomic mass is 10.2. The second-order valence-electron chi connectivity index (χ2n) is 4.75. The highest BCUT2D eigenvalue weighted by Crippen LogP contribution is 2.20. The maximum atomic E-state index is 9.07. The number of para-hydroxylation sites is 1. The molecule has 90 valence electrons. The normalized spacial score (nSPS) is 20.1. The van der Waals surface area contributed by atoms with Gasteiger partial charge in [0.05, 0.1) is 23.3 Å². The van der Waals surface area contributed by atoms with Gasteiger partial charge in [-0.2, -0.15) is 5.26 Å². The number of likely N-dealkylation sites (tertiary alicyclic amines) is 1. The van der Waals surface area contributed by atoms with Crippen molar-refractivity contribution >= 4 is 10.9 Å². The summed E-state index contributed by atoms with van der Waals surface area (Å²) in [7, 11) is 0. The van der Waals surface area contributed by atoms with Crippen LogP contribution in [0.15, 0.2) is 36.4 Å². The average Bonchev–Trinajstić information content (AvgIpc) is 2.86. The van der Waals surface area contributed by atoms with E-state index in [2.05, 4.69) is 34.2 Å². The zero-order valence-corrected chi connectivity index (χ0v) is 10.2. The zero-order valence-electron chi connectivity index (χ0n) is 10.2. The number of fused-ring (bicyclic) bond motifs is 1. The molecule has 3 heteroatoms. The summed E-state index contributed by atoms with van der Waals surface area (Å²) >= 11 is 0. The summed E-state index contributed by atoms with van der Waals surface area (Å²) in [5.74, 6) is 0. The lowest BCUT2D eigenvalue weighted by Gasteiger charge is -2.18. The van der Waals surface area contributed by atoms with Crippen molar-refractivity contribution in [3.05, 3.63) is 42.1 Å². The molecule has 1 aliphatic rings. The van der Waals surface area contributed by atoms with Crippen molar-refractivity contribution in [2.45, 2.75) is 25.4 Å². The zero-order chi connectivity index (χ0) is 12.4. The van der Waals surface area contributed by atoms with Gasteiger partial charge in [-0.1, -0.05) is 24.3 Å². The largest absolute Gasteiger partial charge is 0.282 e. The minimum atomic E-state index is 0.0678. The van der Waals surface area contributed by atoms with Crippen LogP contribution in [-0.4, -0.2) is 22.5 Å². The first-order chi connectivity index (χ1) is 8.86. The van der Waals surface area contributed by atoms with Gasteiger partial charge in [-0.05, 0) is 31.5 Å². The van der Waals surface area contributed by atoms with Gasteiger partial charge in [0.15, 0.2) is 0 Å². The molecular formula is C15H15N3. The van der Waals surface area contributed by atoms with Crippen molar-refractivity contribution in [1.82, 2.24) is 9.88 Å². The minimum Gasteiger partial charge on any atom is -0.282 e. The number of rotatable bonds is 2. The molecule has 1 aromatic carbocycles. The predicted octanol–water partition coefficient (Wildman–Crippen LogP) is 2.72. The van der Waals surface area contributed by atoms with E-state index in [1.54, 1.807) is 0 Å². The number of hydrogen-bond donors (Lipinski definition) is 0. The van der Waals surface area contributed by atoms with E-state index >= 15 is 0 Å². The number of nitrogens with zero attached hydrogens (tertiary/aromatic N) is 3. The predicted molar refractivity (Wildman–Crippen MR) is 70.8 cm³/mol. The standard InChI is InChI=1S/C15H15N3/c16-10-14-5-3-9-18(14)11-13-8-7-12-4-1-2-6-15(12)17-13/h1-2,4,6-8,14H,3,5,9,11H2. The summed E-state index contributed by atoms with van der Waals surface area (Å²) in [4.78, 5) is 6.88. The van der Waals surface area contributed by atoms with Crippen LogP contribution in [0.1, 0.15) is 18.5 Å². The fraction of sp³-hybridized carbons (Fsp3) is 0.333. The van der Waals surface area contributed by atoms with Crippen LogP contribution >= 0.6 is 0 Å². The summed E-state index contributed by atoms with van der Waals surface area (Å²) in [6.45, 7) is 1.79. The molecule has 2 heterocycles. The van der Waals surface area contributed by atoms with Gasteiger partial charge in [0.1, 0.15) is 0 Å². The molecule has 0 amide bonds. The third-order valence-electron chi connectivity index (χ3n) is 3.53. The molecule has 1 atom stereocenters. The van der Waals surface area contributed by atoms with Gasteiger partial charge in [0, 0.05) is 11.9 Å². The van der Waals surface area contributed by atoms with Crippen molar-refractivity contribution in [2.24, 2.45) is 0 Å². The highest BCUT2D eigenvalue weighted by molar-refractivity contribution is 5.78. The highest BCUT2D eigenvalue weighted by atomic mass is 15.2. The van der Waals surface area contributed by atoms with E-state index in [0.717, 1.165) is 37.1 Å². The minimum absolute atomic E-state index is 0.0678. The molecule has 18 heavy (non-hydrogen) atoms. The maximum absolute atomic E-state index is 9.07. The molecule has 3 nitrogen and oxygen atoms in total. The van der Waals surface area contributed by atoms with Crippen LogP contribution in [-0.2, 0) is 6.54 Å². The lowest BCUT2D eigenvalue weighted by molar-refractivity contribution is 0.283. The van der Waals surface area contributed by atoms with Crippen LogP contribution in [0.25, 0.3) is 10.9 Å². The highest BCUT2D eigenvalue weighted by Gasteiger charge is 2.24. The Bertz CT molecular complexity index is 600. The van der Waals surface area contributed by atoms with Crippen LogP contribution in [0, 0.1) is 11.3 Å². The molecule has 0 aliphatic carbocycles. The van der Waals surface area contributed by atoms with Crippen molar-refractivity contribution in [3.8, 4) is 6.07 Å². The summed E-state index contributed by atoms with van der Waals surface area (Å²) in [5.41, 5.74) is 2.08. The molecule has 1 fully saturated rings. The van der Waals surface area contributed by atoms with Crippen molar-refractivity contribution in [1.29, 1.82) is 5.26 Å². The SMILES string of the molecule is N#CC1CCCN1Cc1ccc2ccccc2n1. The van der Waals surface area contributed by atoms with E-state index < -0.39 is 0 Å². The number of hydrogen-bond acceptors (Lipinski definition) is 3. The molecule has 3 rings (SSSR count). The molecule has 1 saturated heterocycles. The molecule has 0 N–H and O–H groups in total. The van der Waals surface area contributed by atoms with Gasteiger partial charge in [-0.25, -0.2) is 0 Å². The molecule has 1 aromatic heterocycles. The fourth-order valence-electron chi connectivity index (χ4n) is 2.57. The first-order valence-electron chi connectivity index (χ1n) is 6.35. The Balaban J connectivity index is 1.85. The van der Waals surface area contributed by atoms with Gasteiger partial charge in [-0.15, -0.1) is 0 Å². The maximum Gasteiger partial charge on any atom is 0.0981 e.